The van der Waals surface area contributed by atoms with E-state index in [1.54, 1.807) is 0 Å². The van der Waals surface area contributed by atoms with Gasteiger partial charge in [0.2, 0.25) is 0 Å². The molecule has 0 bridgehead atoms. The van der Waals surface area contributed by atoms with Crippen molar-refractivity contribution >= 4 is 5.69 Å². The van der Waals surface area contributed by atoms with Crippen molar-refractivity contribution in [3.63, 3.8) is 0 Å². The molecule has 0 radical (unpaired) electrons. The van der Waals surface area contributed by atoms with E-state index < -0.39 is 17.5 Å². The molecular formula is C16H21F3N2. The minimum absolute atomic E-state index is 0.00788. The maximum atomic E-state index is 14.1. The molecule has 1 saturated carbocycles. The van der Waals surface area contributed by atoms with Crippen LogP contribution in [-0.2, 0) is 0 Å². The van der Waals surface area contributed by atoms with Crippen LogP contribution in [0.15, 0.2) is 12.1 Å². The summed E-state index contributed by atoms with van der Waals surface area (Å²) in [5.41, 5.74) is 0.175. The zero-order chi connectivity index (χ0) is 14.9. The van der Waals surface area contributed by atoms with Gasteiger partial charge in [-0.15, -0.1) is 0 Å². The molecule has 0 amide bonds. The predicted molar refractivity (Wildman–Crippen MR) is 77.0 cm³/mol. The molecule has 21 heavy (non-hydrogen) atoms. The summed E-state index contributed by atoms with van der Waals surface area (Å²) in [6, 6.07) is 2.37. The van der Waals surface area contributed by atoms with Crippen LogP contribution in [0.4, 0.5) is 18.9 Å². The lowest BCUT2D eigenvalue weighted by atomic mass is 9.81. The van der Waals surface area contributed by atoms with Gasteiger partial charge in [0.05, 0.1) is 5.69 Å². The molecule has 1 aliphatic heterocycles. The van der Waals surface area contributed by atoms with Crippen molar-refractivity contribution in [2.45, 2.75) is 44.1 Å². The van der Waals surface area contributed by atoms with Gasteiger partial charge in [-0.2, -0.15) is 0 Å². The maximum Gasteiger partial charge on any atom is 0.196 e. The van der Waals surface area contributed by atoms with E-state index >= 15 is 0 Å². The molecule has 1 N–H and O–H groups in total. The van der Waals surface area contributed by atoms with Gasteiger partial charge < -0.3 is 10.2 Å². The summed E-state index contributed by atoms with van der Waals surface area (Å²) in [7, 11) is 0. The Morgan fingerprint density at radius 1 is 0.952 bits per heavy atom. The lowest BCUT2D eigenvalue weighted by Gasteiger charge is -2.40. The van der Waals surface area contributed by atoms with Crippen LogP contribution in [-0.4, -0.2) is 25.2 Å². The summed E-state index contributed by atoms with van der Waals surface area (Å²) in [5, 5.41) is 3.61. The first kappa shape index (κ1) is 14.7. The number of nitrogens with zero attached hydrogens (tertiary/aromatic N) is 1. The van der Waals surface area contributed by atoms with E-state index in [0.29, 0.717) is 13.1 Å². The van der Waals surface area contributed by atoms with E-state index in [1.165, 1.54) is 25.3 Å². The standard InChI is InChI=1S/C16H21F3N2/c17-12-5-6-13(15(19)14(12)18)21-10-4-9-20-16(11-21)7-2-1-3-8-16/h5-6,20H,1-4,7-11H2. The van der Waals surface area contributed by atoms with Crippen LogP contribution < -0.4 is 10.2 Å². The molecule has 0 aromatic heterocycles. The molecule has 0 unspecified atom stereocenters. The molecule has 1 heterocycles. The number of hydrogen-bond acceptors (Lipinski definition) is 2. The highest BCUT2D eigenvalue weighted by Gasteiger charge is 2.35. The molecular weight excluding hydrogens is 277 g/mol. The van der Waals surface area contributed by atoms with Gasteiger partial charge in [-0.1, -0.05) is 19.3 Å². The molecule has 0 atom stereocenters. The smallest absolute Gasteiger partial charge is 0.196 e. The monoisotopic (exact) mass is 298 g/mol. The van der Waals surface area contributed by atoms with Crippen LogP contribution in [0.5, 0.6) is 0 Å². The average Bonchev–Trinajstić information content (AvgIpc) is 2.69. The molecule has 1 aromatic carbocycles. The average molecular weight is 298 g/mol. The summed E-state index contributed by atoms with van der Waals surface area (Å²) in [6.45, 7) is 2.22. The van der Waals surface area contributed by atoms with E-state index in [9.17, 15) is 13.2 Å². The molecule has 2 nitrogen and oxygen atoms in total. The second kappa shape index (κ2) is 5.87. The third-order valence-corrected chi connectivity index (χ3v) is 4.76. The third kappa shape index (κ3) is 2.89. The molecule has 116 valence electrons. The van der Waals surface area contributed by atoms with Crippen molar-refractivity contribution in [3.05, 3.63) is 29.6 Å². The predicted octanol–water partition coefficient (Wildman–Crippen LogP) is 3.61. The Labute approximate surface area is 123 Å². The number of anilines is 1. The van der Waals surface area contributed by atoms with Crippen LogP contribution in [0, 0.1) is 17.5 Å². The highest BCUT2D eigenvalue weighted by atomic mass is 19.2. The Morgan fingerprint density at radius 2 is 1.71 bits per heavy atom. The zero-order valence-corrected chi connectivity index (χ0v) is 12.1. The Hall–Kier alpha value is -1.23. The van der Waals surface area contributed by atoms with Crippen molar-refractivity contribution in [2.24, 2.45) is 0 Å². The van der Waals surface area contributed by atoms with Crippen molar-refractivity contribution in [1.82, 2.24) is 5.32 Å². The lowest BCUT2D eigenvalue weighted by Crippen LogP contribution is -2.52. The van der Waals surface area contributed by atoms with Gasteiger partial charge in [0.1, 0.15) is 0 Å². The topological polar surface area (TPSA) is 15.3 Å². The Bertz CT molecular complexity index is 512. The van der Waals surface area contributed by atoms with Gasteiger partial charge in [-0.25, -0.2) is 13.2 Å². The van der Waals surface area contributed by atoms with Gasteiger partial charge in [0, 0.05) is 18.6 Å². The summed E-state index contributed by atoms with van der Waals surface area (Å²) < 4.78 is 40.7. The normalized spacial score (nSPS) is 22.3. The molecule has 5 heteroatoms. The minimum Gasteiger partial charge on any atom is -0.367 e. The van der Waals surface area contributed by atoms with Gasteiger partial charge in [-0.05, 0) is 37.9 Å². The molecule has 1 spiro atoms. The number of rotatable bonds is 1. The van der Waals surface area contributed by atoms with Crippen molar-refractivity contribution in [1.29, 1.82) is 0 Å². The van der Waals surface area contributed by atoms with Crippen LogP contribution in [0.25, 0.3) is 0 Å². The molecule has 1 saturated heterocycles. The van der Waals surface area contributed by atoms with Gasteiger partial charge >= 0.3 is 0 Å². The summed E-state index contributed by atoms with van der Waals surface area (Å²) in [5.74, 6) is -3.57. The van der Waals surface area contributed by atoms with E-state index in [2.05, 4.69) is 5.32 Å². The fourth-order valence-corrected chi connectivity index (χ4v) is 3.65. The van der Waals surface area contributed by atoms with Gasteiger partial charge in [0.25, 0.3) is 0 Å². The van der Waals surface area contributed by atoms with Gasteiger partial charge in [0.15, 0.2) is 17.5 Å². The van der Waals surface area contributed by atoms with E-state index in [1.807, 2.05) is 4.90 Å². The first-order valence-electron chi connectivity index (χ1n) is 7.75. The van der Waals surface area contributed by atoms with Crippen molar-refractivity contribution in [2.75, 3.05) is 24.5 Å². The van der Waals surface area contributed by atoms with E-state index in [4.69, 9.17) is 0 Å². The summed E-state index contributed by atoms with van der Waals surface area (Å²) in [6.07, 6.45) is 6.58. The number of benzene rings is 1. The zero-order valence-electron chi connectivity index (χ0n) is 12.1. The van der Waals surface area contributed by atoms with Gasteiger partial charge in [-0.3, -0.25) is 0 Å². The molecule has 1 aromatic rings. The first-order chi connectivity index (χ1) is 10.1. The van der Waals surface area contributed by atoms with Crippen LogP contribution >= 0.6 is 0 Å². The van der Waals surface area contributed by atoms with Crippen LogP contribution in [0.1, 0.15) is 38.5 Å². The van der Waals surface area contributed by atoms with Crippen LogP contribution in [0.3, 0.4) is 0 Å². The molecule has 2 aliphatic rings. The first-order valence-corrected chi connectivity index (χ1v) is 7.75. The highest BCUT2D eigenvalue weighted by Crippen LogP contribution is 2.33. The second-order valence-corrected chi connectivity index (χ2v) is 6.24. The molecule has 1 aliphatic carbocycles. The third-order valence-electron chi connectivity index (χ3n) is 4.76. The quantitative estimate of drug-likeness (QED) is 0.797. The Morgan fingerprint density at radius 3 is 2.48 bits per heavy atom. The second-order valence-electron chi connectivity index (χ2n) is 6.24. The maximum absolute atomic E-state index is 14.1. The largest absolute Gasteiger partial charge is 0.367 e. The van der Waals surface area contributed by atoms with E-state index in [0.717, 1.165) is 31.9 Å². The minimum atomic E-state index is -1.37. The van der Waals surface area contributed by atoms with Crippen LogP contribution in [0.2, 0.25) is 0 Å². The fraction of sp³-hybridized carbons (Fsp3) is 0.625. The molecule has 3 rings (SSSR count). The Kier molecular flexibility index (Phi) is 4.11. The summed E-state index contributed by atoms with van der Waals surface area (Å²) >= 11 is 0. The van der Waals surface area contributed by atoms with Crippen molar-refractivity contribution in [3.8, 4) is 0 Å². The molecule has 2 fully saturated rings. The number of halogens is 3. The number of hydrogen-bond donors (Lipinski definition) is 1. The van der Waals surface area contributed by atoms with E-state index in [-0.39, 0.29) is 11.2 Å². The van der Waals surface area contributed by atoms with Crippen molar-refractivity contribution < 1.29 is 13.2 Å². The lowest BCUT2D eigenvalue weighted by molar-refractivity contribution is 0.246. The fourth-order valence-electron chi connectivity index (χ4n) is 3.65. The summed E-state index contributed by atoms with van der Waals surface area (Å²) in [4.78, 5) is 1.88. The SMILES string of the molecule is Fc1ccc(N2CCCNC3(CCCCC3)C2)c(F)c1F. The highest BCUT2D eigenvalue weighted by molar-refractivity contribution is 5.49. The number of nitrogens with one attached hydrogen (secondary N) is 1. The Balaban J connectivity index is 1.88.